The van der Waals surface area contributed by atoms with Crippen LogP contribution in [0.4, 0.5) is 0 Å². The lowest BCUT2D eigenvalue weighted by Gasteiger charge is -1.81. The van der Waals surface area contributed by atoms with Gasteiger partial charge in [0, 0.05) is 0 Å². The van der Waals surface area contributed by atoms with Crippen LogP contribution < -0.4 is 5.90 Å². The zero-order valence-corrected chi connectivity index (χ0v) is 4.48. The third-order valence-corrected chi connectivity index (χ3v) is 0.620. The Hall–Kier alpha value is -0.500. The van der Waals surface area contributed by atoms with Crippen LogP contribution in [0.1, 0.15) is 19.8 Å². The van der Waals surface area contributed by atoms with Gasteiger partial charge in [-0.1, -0.05) is 19.2 Å². The molecular formula is C5H10NO. The monoisotopic (exact) mass is 100 g/mol. The fraction of sp³-hybridized carbons (Fsp3) is 0.600. The minimum Gasteiger partial charge on any atom is -0.399 e. The molecule has 0 bridgehead atoms. The van der Waals surface area contributed by atoms with Gasteiger partial charge in [-0.05, 0) is 12.5 Å². The molecule has 0 amide bonds. The van der Waals surface area contributed by atoms with Crippen LogP contribution in [-0.4, -0.2) is 0 Å². The fourth-order valence-corrected chi connectivity index (χ4v) is 0.283. The normalized spacial score (nSPS) is 10.0. The van der Waals surface area contributed by atoms with E-state index in [-0.39, 0.29) is 0 Å². The van der Waals surface area contributed by atoms with Crippen molar-refractivity contribution in [2.45, 2.75) is 19.8 Å². The summed E-state index contributed by atoms with van der Waals surface area (Å²) in [7, 11) is 0. The summed E-state index contributed by atoms with van der Waals surface area (Å²) in [4.78, 5) is 3.91. The van der Waals surface area contributed by atoms with Crippen LogP contribution >= 0.6 is 0 Å². The molecule has 0 unspecified atom stereocenters. The Labute approximate surface area is 43.9 Å². The number of unbranched alkanes of at least 4 members (excludes halogenated alkanes) is 1. The molecule has 2 nitrogen and oxygen atoms in total. The zero-order chi connectivity index (χ0) is 5.54. The summed E-state index contributed by atoms with van der Waals surface area (Å²) in [5.41, 5.74) is 0. The van der Waals surface area contributed by atoms with Gasteiger partial charge in [-0.3, -0.25) is 0 Å². The van der Waals surface area contributed by atoms with Gasteiger partial charge in [0.25, 0.3) is 0 Å². The number of allylic oxidation sites excluding steroid dienone is 1. The van der Waals surface area contributed by atoms with Gasteiger partial charge in [0.1, 0.15) is 6.26 Å². The molecule has 41 valence electrons. The van der Waals surface area contributed by atoms with Crippen molar-refractivity contribution in [3.05, 3.63) is 12.3 Å². The molecule has 0 aromatic rings. The maximum absolute atomic E-state index is 6.19. The van der Waals surface area contributed by atoms with E-state index in [2.05, 4.69) is 11.8 Å². The molecule has 0 spiro atoms. The highest BCUT2D eigenvalue weighted by molar-refractivity contribution is 4.70. The van der Waals surface area contributed by atoms with Gasteiger partial charge in [-0.25, -0.2) is 0 Å². The molecule has 0 atom stereocenters. The number of hydrogen-bond donors (Lipinski definition) is 0. The predicted molar refractivity (Wildman–Crippen MR) is 28.2 cm³/mol. The van der Waals surface area contributed by atoms with Gasteiger partial charge in [0.15, 0.2) is 0 Å². The lowest BCUT2D eigenvalue weighted by atomic mass is 10.3. The van der Waals surface area contributed by atoms with E-state index in [9.17, 15) is 0 Å². The van der Waals surface area contributed by atoms with Gasteiger partial charge in [0.05, 0.1) is 0 Å². The van der Waals surface area contributed by atoms with Gasteiger partial charge in [-0.15, -0.1) is 0 Å². The second kappa shape index (κ2) is 5.50. The minimum absolute atomic E-state index is 0.999. The third-order valence-electron chi connectivity index (χ3n) is 0.620. The van der Waals surface area contributed by atoms with Gasteiger partial charge >= 0.3 is 0 Å². The molecule has 1 N–H and O–H groups in total. The first-order valence-electron chi connectivity index (χ1n) is 2.39. The zero-order valence-electron chi connectivity index (χ0n) is 4.48. The Kier molecular flexibility index (Phi) is 5.11. The molecule has 0 saturated carbocycles. The highest BCUT2D eigenvalue weighted by Gasteiger charge is 1.68. The molecule has 0 aliphatic heterocycles. The topological polar surface area (TPSA) is 33.0 Å². The van der Waals surface area contributed by atoms with Gasteiger partial charge in [0.2, 0.25) is 0 Å². The number of rotatable bonds is 3. The van der Waals surface area contributed by atoms with Crippen LogP contribution in [-0.2, 0) is 4.84 Å². The Bertz CT molecular complexity index is 52.0. The summed E-state index contributed by atoms with van der Waals surface area (Å²) >= 11 is 0. The second-order valence-electron chi connectivity index (χ2n) is 1.28. The van der Waals surface area contributed by atoms with E-state index in [0.717, 1.165) is 12.8 Å². The van der Waals surface area contributed by atoms with E-state index >= 15 is 0 Å². The molecule has 0 heterocycles. The maximum Gasteiger partial charge on any atom is 0.109 e. The summed E-state index contributed by atoms with van der Waals surface area (Å²) in [6.45, 7) is 2.08. The molecule has 1 radical (unpaired) electrons. The van der Waals surface area contributed by atoms with Crippen LogP contribution in [0.3, 0.4) is 0 Å². The van der Waals surface area contributed by atoms with Crippen molar-refractivity contribution in [1.82, 2.24) is 5.90 Å². The molecule has 0 saturated heterocycles. The van der Waals surface area contributed by atoms with Crippen LogP contribution in [0.15, 0.2) is 12.3 Å². The fourth-order valence-electron chi connectivity index (χ4n) is 0.283. The molecule has 0 aromatic heterocycles. The molecule has 0 fully saturated rings. The summed E-state index contributed by atoms with van der Waals surface area (Å²) in [5, 5.41) is 0. The Morgan fingerprint density at radius 2 is 2.43 bits per heavy atom. The van der Waals surface area contributed by atoms with Gasteiger partial charge in [-0.2, -0.15) is 0 Å². The average Bonchev–Trinajstić information content (AvgIpc) is 1.69. The first kappa shape index (κ1) is 6.50. The molecule has 0 aliphatic rings. The van der Waals surface area contributed by atoms with Crippen LogP contribution in [0, 0.1) is 0 Å². The average molecular weight is 100 g/mol. The smallest absolute Gasteiger partial charge is 0.109 e. The molecule has 2 heteroatoms. The molecule has 0 aliphatic carbocycles. The van der Waals surface area contributed by atoms with E-state index in [1.807, 2.05) is 6.08 Å². The van der Waals surface area contributed by atoms with Gasteiger partial charge < -0.3 is 4.84 Å². The summed E-state index contributed by atoms with van der Waals surface area (Å²) < 4.78 is 0. The first-order chi connectivity index (χ1) is 3.41. The second-order valence-corrected chi connectivity index (χ2v) is 1.28. The molecule has 7 heavy (non-hydrogen) atoms. The largest absolute Gasteiger partial charge is 0.399 e. The molecule has 0 aromatic carbocycles. The number of nitrogens with one attached hydrogen (secondary N) is 1. The van der Waals surface area contributed by atoms with E-state index in [4.69, 9.17) is 5.90 Å². The molecular weight excluding hydrogens is 90.1 g/mol. The Balaban J connectivity index is 2.78. The predicted octanol–water partition coefficient (Wildman–Crippen LogP) is 1.51. The third kappa shape index (κ3) is 5.50. The summed E-state index contributed by atoms with van der Waals surface area (Å²) in [6, 6.07) is 0. The van der Waals surface area contributed by atoms with Crippen molar-refractivity contribution >= 4 is 0 Å². The van der Waals surface area contributed by atoms with E-state index in [1.54, 1.807) is 0 Å². The quantitative estimate of drug-likeness (QED) is 0.391. The van der Waals surface area contributed by atoms with Crippen molar-refractivity contribution in [2.75, 3.05) is 0 Å². The Morgan fingerprint density at radius 1 is 1.71 bits per heavy atom. The molecule has 0 rings (SSSR count). The van der Waals surface area contributed by atoms with Crippen molar-refractivity contribution in [3.63, 3.8) is 0 Å². The number of hydrogen-bond acceptors (Lipinski definition) is 1. The van der Waals surface area contributed by atoms with Crippen LogP contribution in [0.25, 0.3) is 0 Å². The highest BCUT2D eigenvalue weighted by atomic mass is 16.6. The first-order valence-corrected chi connectivity index (χ1v) is 2.39. The van der Waals surface area contributed by atoms with Crippen molar-refractivity contribution in [2.24, 2.45) is 0 Å². The van der Waals surface area contributed by atoms with Crippen LogP contribution in [0.2, 0.25) is 0 Å². The van der Waals surface area contributed by atoms with E-state index in [0.29, 0.717) is 0 Å². The summed E-state index contributed by atoms with van der Waals surface area (Å²) in [5.74, 6) is 6.19. The van der Waals surface area contributed by atoms with Crippen LogP contribution in [0.5, 0.6) is 0 Å². The highest BCUT2D eigenvalue weighted by Crippen LogP contribution is 1.86. The maximum atomic E-state index is 6.19. The van der Waals surface area contributed by atoms with Crippen molar-refractivity contribution in [3.8, 4) is 0 Å². The standard InChI is InChI=1S/C5H10NO/c1-2-3-4-5-7-6/h4-6H,2-3H2,1H3. The SMILES string of the molecule is CCCC=CO[NH]. The minimum atomic E-state index is 0.999. The van der Waals surface area contributed by atoms with Crippen molar-refractivity contribution in [1.29, 1.82) is 0 Å². The van der Waals surface area contributed by atoms with E-state index < -0.39 is 0 Å². The Morgan fingerprint density at radius 3 is 2.86 bits per heavy atom. The summed E-state index contributed by atoms with van der Waals surface area (Å²) in [6.07, 6.45) is 5.31. The van der Waals surface area contributed by atoms with Crippen molar-refractivity contribution < 1.29 is 4.84 Å². The van der Waals surface area contributed by atoms with E-state index in [1.165, 1.54) is 6.26 Å². The lowest BCUT2D eigenvalue weighted by Crippen LogP contribution is -1.68. The lowest BCUT2D eigenvalue weighted by molar-refractivity contribution is 0.235.